The maximum Gasteiger partial charge on any atom is 0.410 e. The van der Waals surface area contributed by atoms with E-state index in [2.05, 4.69) is 53.8 Å². The van der Waals surface area contributed by atoms with E-state index in [0.29, 0.717) is 40.7 Å². The van der Waals surface area contributed by atoms with Gasteiger partial charge in [0.25, 0.3) is 0 Å². The van der Waals surface area contributed by atoms with Gasteiger partial charge < -0.3 is 24.6 Å². The zero-order valence-corrected chi connectivity index (χ0v) is 47.4. The highest BCUT2D eigenvalue weighted by molar-refractivity contribution is 6.31. The quantitative estimate of drug-likeness (QED) is 0.0671. The van der Waals surface area contributed by atoms with Crippen molar-refractivity contribution in [2.75, 3.05) is 33.8 Å². The number of amides is 4. The Kier molecular flexibility index (Phi) is 17.6. The topological polar surface area (TPSA) is 126 Å². The van der Waals surface area contributed by atoms with Crippen molar-refractivity contribution in [1.82, 2.24) is 20.0 Å². The zero-order chi connectivity index (χ0) is 55.9. The molecular weight excluding hydrogens is 1020 g/mol. The van der Waals surface area contributed by atoms with Crippen LogP contribution in [-0.4, -0.2) is 96.4 Å². The van der Waals surface area contributed by atoms with Crippen LogP contribution in [0.5, 0.6) is 0 Å². The average Bonchev–Trinajstić information content (AvgIpc) is 4.13. The third-order valence-electron chi connectivity index (χ3n) is 17.5. The van der Waals surface area contributed by atoms with Gasteiger partial charge in [0.2, 0.25) is 17.7 Å². The molecule has 3 aliphatic carbocycles. The Morgan fingerprint density at radius 1 is 0.662 bits per heavy atom. The summed E-state index contributed by atoms with van der Waals surface area (Å²) in [6, 6.07) is 47.4. The number of nitrogens with zero attached hydrogens (tertiary/aromatic N) is 3. The summed E-state index contributed by atoms with van der Waals surface area (Å²) >= 11 is 7.16. The van der Waals surface area contributed by atoms with E-state index in [1.807, 2.05) is 117 Å². The van der Waals surface area contributed by atoms with Crippen molar-refractivity contribution < 1.29 is 33.4 Å². The molecule has 416 valence electrons. The first kappa shape index (κ1) is 56.1. The summed E-state index contributed by atoms with van der Waals surface area (Å²) in [5.41, 5.74) is 6.75. The average molecular weight is 1100 g/mol. The SMILES string of the molecule is CC(C)[C@@H](C(=O)N[C@@H](CC(=O)OC(c1ccccc1)(c1ccc([C@H]2CCCCC3C[C@@H]3C2)cc1)c1ccccc1Cl)C(=O)N1CCCCC1)N(C)C(=O)[C@H](Cc1ccccc1)N(C)C(=O)OCC1c2ccccc2-c2ccccc21. The molecule has 80 heavy (non-hydrogen) atoms. The predicted octanol–water partition coefficient (Wildman–Crippen LogP) is 12.7. The third kappa shape index (κ3) is 12.1. The van der Waals surface area contributed by atoms with E-state index < -0.39 is 65.8 Å². The highest BCUT2D eigenvalue weighted by atomic mass is 35.5. The number of carbonyl (C=O) groups excluding carboxylic acids is 5. The molecule has 10 rings (SSSR count). The van der Waals surface area contributed by atoms with E-state index in [0.717, 1.165) is 65.3 Å². The summed E-state index contributed by atoms with van der Waals surface area (Å²) in [4.78, 5) is 79.0. The molecule has 1 saturated heterocycles. The maximum atomic E-state index is 15.2. The summed E-state index contributed by atoms with van der Waals surface area (Å²) in [5.74, 6) is -0.845. The fraction of sp³-hybridized carbons (Fsp3) is 0.397. The molecule has 1 heterocycles. The van der Waals surface area contributed by atoms with Gasteiger partial charge in [-0.25, -0.2) is 4.79 Å². The number of nitrogens with one attached hydrogen (secondary N) is 1. The summed E-state index contributed by atoms with van der Waals surface area (Å²) in [6.45, 7) is 4.65. The summed E-state index contributed by atoms with van der Waals surface area (Å²) in [6.07, 6.45) is 8.91. The van der Waals surface area contributed by atoms with Gasteiger partial charge in [-0.2, -0.15) is 0 Å². The minimum absolute atomic E-state index is 0.0589. The van der Waals surface area contributed by atoms with Crippen molar-refractivity contribution in [3.8, 4) is 11.1 Å². The second-order valence-electron chi connectivity index (χ2n) is 23.0. The first-order chi connectivity index (χ1) is 38.8. The monoisotopic (exact) mass is 1090 g/mol. The van der Waals surface area contributed by atoms with Crippen LogP contribution >= 0.6 is 11.6 Å². The molecule has 12 heteroatoms. The third-order valence-corrected chi connectivity index (χ3v) is 17.8. The number of carbonyl (C=O) groups is 5. The Hall–Kier alpha value is -7.24. The normalized spacial score (nSPS) is 19.5. The van der Waals surface area contributed by atoms with Gasteiger partial charge in [0.05, 0.1) is 6.42 Å². The molecule has 4 amide bonds. The second-order valence-corrected chi connectivity index (χ2v) is 23.4. The van der Waals surface area contributed by atoms with E-state index in [1.54, 1.807) is 25.1 Å². The molecule has 1 aliphatic heterocycles. The summed E-state index contributed by atoms with van der Waals surface area (Å²) < 4.78 is 13.0. The van der Waals surface area contributed by atoms with Gasteiger partial charge in [0, 0.05) is 61.2 Å². The molecule has 2 saturated carbocycles. The Morgan fingerprint density at radius 2 is 1.26 bits per heavy atom. The highest BCUT2D eigenvalue weighted by Crippen LogP contribution is 2.51. The Morgan fingerprint density at radius 3 is 1.93 bits per heavy atom. The first-order valence-electron chi connectivity index (χ1n) is 28.9. The van der Waals surface area contributed by atoms with Crippen LogP contribution in [0.3, 0.4) is 0 Å². The molecule has 4 aliphatic rings. The van der Waals surface area contributed by atoms with Crippen LogP contribution in [0.25, 0.3) is 11.1 Å². The highest BCUT2D eigenvalue weighted by Gasteiger charge is 2.45. The van der Waals surface area contributed by atoms with Gasteiger partial charge in [0.1, 0.15) is 24.7 Å². The predicted molar refractivity (Wildman–Crippen MR) is 313 cm³/mol. The number of benzene rings is 6. The van der Waals surface area contributed by atoms with Gasteiger partial charge in [-0.15, -0.1) is 0 Å². The van der Waals surface area contributed by atoms with Crippen LogP contribution in [0.4, 0.5) is 4.79 Å². The van der Waals surface area contributed by atoms with Gasteiger partial charge in [-0.05, 0) is 102 Å². The van der Waals surface area contributed by atoms with Crippen LogP contribution in [0.15, 0.2) is 158 Å². The number of ether oxygens (including phenoxy) is 2. The molecule has 6 aromatic rings. The van der Waals surface area contributed by atoms with Crippen LogP contribution in [0.1, 0.15) is 129 Å². The number of hydrogen-bond acceptors (Lipinski definition) is 7. The number of esters is 1. The Bertz CT molecular complexity index is 3100. The molecule has 11 nitrogen and oxygen atoms in total. The molecular formula is C68H75ClN4O7. The number of rotatable bonds is 18. The molecule has 6 aromatic carbocycles. The lowest BCUT2D eigenvalue weighted by Crippen LogP contribution is -2.59. The van der Waals surface area contributed by atoms with Gasteiger partial charge >= 0.3 is 12.1 Å². The Balaban J connectivity index is 0.921. The van der Waals surface area contributed by atoms with Crippen LogP contribution in [0, 0.1) is 17.8 Å². The number of likely N-dealkylation sites (N-methyl/N-ethyl adjacent to an activating group) is 2. The van der Waals surface area contributed by atoms with Crippen molar-refractivity contribution in [3.63, 3.8) is 0 Å². The summed E-state index contributed by atoms with van der Waals surface area (Å²) in [7, 11) is 3.10. The maximum absolute atomic E-state index is 15.2. The lowest BCUT2D eigenvalue weighted by atomic mass is 9.78. The summed E-state index contributed by atoms with van der Waals surface area (Å²) in [5, 5.41) is 3.38. The number of halogens is 1. The second kappa shape index (κ2) is 25.1. The zero-order valence-electron chi connectivity index (χ0n) is 46.6. The number of likely N-dealkylation sites (tertiary alicyclic amines) is 1. The van der Waals surface area contributed by atoms with Gasteiger partial charge in [-0.3, -0.25) is 24.1 Å². The number of fused-ring (bicyclic) bond motifs is 4. The fourth-order valence-corrected chi connectivity index (χ4v) is 13.4. The van der Waals surface area contributed by atoms with Crippen molar-refractivity contribution in [2.24, 2.45) is 17.8 Å². The van der Waals surface area contributed by atoms with E-state index >= 15 is 14.4 Å². The lowest BCUT2D eigenvalue weighted by molar-refractivity contribution is -0.157. The largest absolute Gasteiger partial charge is 0.448 e. The number of piperidine rings is 1. The number of hydrogen-bond donors (Lipinski definition) is 1. The minimum atomic E-state index is -1.55. The molecule has 0 aromatic heterocycles. The fourth-order valence-electron chi connectivity index (χ4n) is 13.1. The molecule has 1 N–H and O–H groups in total. The standard InChI is InChI=1S/C68H75ClN4O7/c1-45(2)63(72(4)66(77)61(40-46-22-8-5-9-23-46)71(3)67(78)79-44-57-55-30-16-14-28-53(55)54-29-15-17-31-56(54)57)64(75)70-60(65(76)73-38-20-7-21-39-73)43-62(74)80-68(51-26-10-6-11-27-51,58-32-18-19-33-59(58)69)52-36-34-47(35-37-52)48-24-12-13-25-49-42-50(49)41-48/h5-6,8-11,14-19,22-23,26-37,45,48-50,57,60-61,63H,7,12-13,20-21,24-25,38-44H2,1-4H3,(H,70,75)/t48-,49?,50-,60-,61-,63-,68?/m0/s1. The van der Waals surface area contributed by atoms with Crippen LogP contribution in [0.2, 0.25) is 5.02 Å². The van der Waals surface area contributed by atoms with Crippen molar-refractivity contribution >= 4 is 41.4 Å². The molecule has 0 spiro atoms. The van der Waals surface area contributed by atoms with E-state index in [9.17, 15) is 9.59 Å². The van der Waals surface area contributed by atoms with Crippen molar-refractivity contribution in [2.45, 2.75) is 120 Å². The molecule has 7 atom stereocenters. The molecule has 0 bridgehead atoms. The van der Waals surface area contributed by atoms with E-state index in [4.69, 9.17) is 21.1 Å². The molecule has 0 radical (unpaired) electrons. The first-order valence-corrected chi connectivity index (χ1v) is 29.3. The van der Waals surface area contributed by atoms with Crippen LogP contribution in [-0.2, 0) is 40.7 Å². The smallest absolute Gasteiger partial charge is 0.410 e. The van der Waals surface area contributed by atoms with E-state index in [-0.39, 0.29) is 18.9 Å². The molecule has 3 fully saturated rings. The van der Waals surface area contributed by atoms with Gasteiger partial charge in [0.15, 0.2) is 5.60 Å². The molecule has 2 unspecified atom stereocenters. The van der Waals surface area contributed by atoms with Crippen molar-refractivity contribution in [3.05, 3.63) is 202 Å². The lowest BCUT2D eigenvalue weighted by Gasteiger charge is -2.38. The minimum Gasteiger partial charge on any atom is -0.448 e. The van der Waals surface area contributed by atoms with Crippen molar-refractivity contribution in [1.29, 1.82) is 0 Å². The Labute approximate surface area is 477 Å². The van der Waals surface area contributed by atoms with E-state index in [1.165, 1.54) is 47.5 Å². The van der Waals surface area contributed by atoms with Crippen LogP contribution < -0.4 is 5.32 Å². The van der Waals surface area contributed by atoms with Gasteiger partial charge in [-0.1, -0.05) is 196 Å².